The van der Waals surface area contributed by atoms with Crippen LogP contribution in [0.5, 0.6) is 0 Å². The summed E-state index contributed by atoms with van der Waals surface area (Å²) < 4.78 is 0. The highest BCUT2D eigenvalue weighted by atomic mass is 15.2. The third kappa shape index (κ3) is 5.10. The fourth-order valence-electron chi connectivity index (χ4n) is 0.936. The number of hydrogen-bond donors (Lipinski definition) is 1. The van der Waals surface area contributed by atoms with E-state index in [1.54, 1.807) is 0 Å². The van der Waals surface area contributed by atoms with Crippen LogP contribution in [0.2, 0.25) is 0 Å². The second kappa shape index (κ2) is 7.40. The van der Waals surface area contributed by atoms with Crippen LogP contribution < -0.4 is 5.73 Å². The van der Waals surface area contributed by atoms with Crippen LogP contribution in [0.4, 0.5) is 0 Å². The van der Waals surface area contributed by atoms with Gasteiger partial charge in [-0.25, -0.2) is 0 Å². The first-order valence-electron chi connectivity index (χ1n) is 5.01. The molecule has 86 valence electrons. The third-order valence-corrected chi connectivity index (χ3v) is 1.71. The van der Waals surface area contributed by atoms with Gasteiger partial charge in [-0.3, -0.25) is 0 Å². The number of nitrogens with zero attached hydrogens (tertiary/aromatic N) is 2. The fourth-order valence-corrected chi connectivity index (χ4v) is 0.936. The van der Waals surface area contributed by atoms with Crippen molar-refractivity contribution in [1.82, 2.24) is 0 Å². The van der Waals surface area contributed by atoms with E-state index in [1.807, 2.05) is 45.0 Å². The fraction of sp³-hybridized carbons (Fsp3) is 0.231. The normalized spacial score (nSPS) is 10.1. The van der Waals surface area contributed by atoms with Gasteiger partial charge in [-0.1, -0.05) is 29.8 Å². The van der Waals surface area contributed by atoms with E-state index in [0.29, 0.717) is 5.84 Å². The maximum absolute atomic E-state index is 5.74. The number of rotatable bonds is 2. The van der Waals surface area contributed by atoms with Gasteiger partial charge in [0.2, 0.25) is 0 Å². The van der Waals surface area contributed by atoms with Gasteiger partial charge in [0, 0.05) is 11.3 Å². The zero-order valence-electron chi connectivity index (χ0n) is 10.2. The van der Waals surface area contributed by atoms with Gasteiger partial charge in [0.15, 0.2) is 5.84 Å². The van der Waals surface area contributed by atoms with Crippen LogP contribution in [0.1, 0.15) is 25.0 Å². The first kappa shape index (κ1) is 14.1. The lowest BCUT2D eigenvalue weighted by molar-refractivity contribution is 1.20. The second-order valence-electron chi connectivity index (χ2n) is 3.40. The maximum Gasteiger partial charge on any atom is 0.153 e. The molecule has 0 unspecified atom stereocenters. The smallest absolute Gasteiger partial charge is 0.153 e. The highest BCUT2D eigenvalue weighted by molar-refractivity contribution is 5.97. The zero-order valence-corrected chi connectivity index (χ0v) is 10.2. The molecule has 0 heterocycles. The summed E-state index contributed by atoms with van der Waals surface area (Å²) in [6, 6.07) is 7.88. The molecule has 0 saturated carbocycles. The molecule has 0 aliphatic carbocycles. The van der Waals surface area contributed by atoms with E-state index in [2.05, 4.69) is 23.4 Å². The summed E-state index contributed by atoms with van der Waals surface area (Å²) in [5.41, 5.74) is 8.73. The molecular weight excluding hydrogens is 198 g/mol. The van der Waals surface area contributed by atoms with Crippen LogP contribution in [0.3, 0.4) is 0 Å². The van der Waals surface area contributed by atoms with Crippen molar-refractivity contribution in [3.05, 3.63) is 48.6 Å². The monoisotopic (exact) mass is 217 g/mol. The molecule has 0 aliphatic rings. The standard InChI is InChI=1S/C11H15N3.C2H4/c1-8(2)13-14-11(12)10-6-4-9(3)5-7-10;1-2/h4-7H,1-3H3,(H2,12,14);1-2H2. The molecule has 0 radical (unpaired) electrons. The Bertz CT molecular complexity index is 371. The summed E-state index contributed by atoms with van der Waals surface area (Å²) in [4.78, 5) is 0. The van der Waals surface area contributed by atoms with Crippen LogP contribution >= 0.6 is 0 Å². The van der Waals surface area contributed by atoms with Crippen LogP contribution in [0.25, 0.3) is 0 Å². The molecule has 0 saturated heterocycles. The highest BCUT2D eigenvalue weighted by Gasteiger charge is 1.96. The van der Waals surface area contributed by atoms with E-state index >= 15 is 0 Å². The third-order valence-electron chi connectivity index (χ3n) is 1.71. The van der Waals surface area contributed by atoms with E-state index < -0.39 is 0 Å². The molecular formula is C13H19N3. The molecule has 0 aromatic heterocycles. The van der Waals surface area contributed by atoms with E-state index in [1.165, 1.54) is 5.56 Å². The Kier molecular flexibility index (Phi) is 6.52. The van der Waals surface area contributed by atoms with Crippen molar-refractivity contribution in [1.29, 1.82) is 0 Å². The predicted octanol–water partition coefficient (Wildman–Crippen LogP) is 2.90. The Balaban J connectivity index is 0.00000106. The molecule has 0 spiro atoms. The topological polar surface area (TPSA) is 50.7 Å². The van der Waals surface area contributed by atoms with Crippen LogP contribution in [-0.4, -0.2) is 11.5 Å². The maximum atomic E-state index is 5.74. The average molecular weight is 217 g/mol. The SMILES string of the molecule is C=C.CC(C)=N/N=C(\N)c1ccc(C)cc1. The lowest BCUT2D eigenvalue weighted by Crippen LogP contribution is -2.12. The number of aryl methyl sites for hydroxylation is 1. The summed E-state index contributed by atoms with van der Waals surface area (Å²) in [7, 11) is 0. The van der Waals surface area contributed by atoms with E-state index in [4.69, 9.17) is 5.73 Å². The van der Waals surface area contributed by atoms with Crippen molar-refractivity contribution in [2.75, 3.05) is 0 Å². The number of benzene rings is 1. The summed E-state index contributed by atoms with van der Waals surface area (Å²) in [5.74, 6) is 0.450. The quantitative estimate of drug-likeness (QED) is 0.352. The summed E-state index contributed by atoms with van der Waals surface area (Å²) in [6.07, 6.45) is 0. The Hall–Kier alpha value is -1.90. The summed E-state index contributed by atoms with van der Waals surface area (Å²) in [5, 5.41) is 7.81. The van der Waals surface area contributed by atoms with Gasteiger partial charge in [-0.2, -0.15) is 5.10 Å². The van der Waals surface area contributed by atoms with Gasteiger partial charge in [-0.15, -0.1) is 18.3 Å². The highest BCUT2D eigenvalue weighted by Crippen LogP contribution is 2.02. The van der Waals surface area contributed by atoms with Gasteiger partial charge >= 0.3 is 0 Å². The first-order chi connectivity index (χ1) is 7.59. The molecule has 1 aromatic rings. The minimum Gasteiger partial charge on any atom is -0.382 e. The molecule has 1 aromatic carbocycles. The second-order valence-corrected chi connectivity index (χ2v) is 3.40. The molecule has 3 heteroatoms. The minimum atomic E-state index is 0.450. The number of amidine groups is 1. The molecule has 0 bridgehead atoms. The molecule has 2 N–H and O–H groups in total. The summed E-state index contributed by atoms with van der Waals surface area (Å²) >= 11 is 0. The van der Waals surface area contributed by atoms with Crippen molar-refractivity contribution < 1.29 is 0 Å². The van der Waals surface area contributed by atoms with E-state index in [-0.39, 0.29) is 0 Å². The molecule has 0 amide bonds. The molecule has 0 aliphatic heterocycles. The van der Waals surface area contributed by atoms with Crippen LogP contribution in [-0.2, 0) is 0 Å². The largest absolute Gasteiger partial charge is 0.382 e. The van der Waals surface area contributed by atoms with Gasteiger partial charge in [0.05, 0.1) is 0 Å². The van der Waals surface area contributed by atoms with Crippen LogP contribution in [0.15, 0.2) is 47.6 Å². The van der Waals surface area contributed by atoms with Crippen molar-refractivity contribution in [2.45, 2.75) is 20.8 Å². The summed E-state index contributed by atoms with van der Waals surface area (Å²) in [6.45, 7) is 11.8. The van der Waals surface area contributed by atoms with E-state index in [0.717, 1.165) is 11.3 Å². The number of nitrogens with two attached hydrogens (primary N) is 1. The van der Waals surface area contributed by atoms with Crippen molar-refractivity contribution in [3.63, 3.8) is 0 Å². The minimum absolute atomic E-state index is 0.450. The molecule has 16 heavy (non-hydrogen) atoms. The van der Waals surface area contributed by atoms with Gasteiger partial charge < -0.3 is 5.73 Å². The lowest BCUT2D eigenvalue weighted by Gasteiger charge is -1.98. The van der Waals surface area contributed by atoms with Crippen molar-refractivity contribution in [2.24, 2.45) is 15.9 Å². The predicted molar refractivity (Wildman–Crippen MR) is 71.9 cm³/mol. The van der Waals surface area contributed by atoms with Crippen molar-refractivity contribution >= 4 is 11.5 Å². The Morgan fingerprint density at radius 1 is 1.06 bits per heavy atom. The molecule has 0 fully saturated rings. The van der Waals surface area contributed by atoms with Gasteiger partial charge in [-0.05, 0) is 20.8 Å². The molecule has 3 nitrogen and oxygen atoms in total. The van der Waals surface area contributed by atoms with Crippen molar-refractivity contribution in [3.8, 4) is 0 Å². The number of hydrogen-bond acceptors (Lipinski definition) is 2. The van der Waals surface area contributed by atoms with Gasteiger partial charge in [0.1, 0.15) is 0 Å². The average Bonchev–Trinajstić information content (AvgIpc) is 2.29. The Labute approximate surface area is 97.4 Å². The molecule has 1 rings (SSSR count). The Morgan fingerprint density at radius 2 is 1.56 bits per heavy atom. The van der Waals surface area contributed by atoms with Crippen LogP contribution in [0, 0.1) is 6.92 Å². The first-order valence-corrected chi connectivity index (χ1v) is 5.01. The lowest BCUT2D eigenvalue weighted by atomic mass is 10.1. The molecule has 0 atom stereocenters. The zero-order chi connectivity index (χ0) is 12.6. The van der Waals surface area contributed by atoms with Gasteiger partial charge in [0.25, 0.3) is 0 Å². The van der Waals surface area contributed by atoms with E-state index in [9.17, 15) is 0 Å². The Morgan fingerprint density at radius 3 is 2.00 bits per heavy atom.